The molecule has 0 atom stereocenters. The van der Waals surface area contributed by atoms with Gasteiger partial charge in [0.1, 0.15) is 4.90 Å². The smallest absolute Gasteiger partial charge is 0.344 e. The van der Waals surface area contributed by atoms with Gasteiger partial charge in [0.05, 0.1) is 29.9 Å². The van der Waals surface area contributed by atoms with E-state index in [0.29, 0.717) is 10.7 Å². The second-order valence-corrected chi connectivity index (χ2v) is 8.27. The zero-order valence-electron chi connectivity index (χ0n) is 15.3. The van der Waals surface area contributed by atoms with Crippen molar-refractivity contribution in [2.45, 2.75) is 4.90 Å². The molecule has 0 saturated carbocycles. The van der Waals surface area contributed by atoms with Gasteiger partial charge in [0.15, 0.2) is 6.61 Å². The van der Waals surface area contributed by atoms with Crippen LogP contribution in [-0.4, -0.2) is 40.6 Å². The van der Waals surface area contributed by atoms with E-state index >= 15 is 0 Å². The van der Waals surface area contributed by atoms with Crippen molar-refractivity contribution < 1.29 is 27.5 Å². The number of benzene rings is 2. The van der Waals surface area contributed by atoms with Crippen molar-refractivity contribution in [1.82, 2.24) is 0 Å². The quantitative estimate of drug-likeness (QED) is 0.443. The number of sulfonamides is 1. The average molecular weight is 458 g/mol. The molecule has 0 bridgehead atoms. The van der Waals surface area contributed by atoms with Gasteiger partial charge in [0.25, 0.3) is 10.0 Å². The summed E-state index contributed by atoms with van der Waals surface area (Å²) in [5.41, 5.74) is 0.246. The first kappa shape index (κ1) is 22.7. The summed E-state index contributed by atoms with van der Waals surface area (Å²) in [6, 6.07) is 9.80. The van der Waals surface area contributed by atoms with Crippen molar-refractivity contribution in [2.75, 3.05) is 24.6 Å². The lowest BCUT2D eigenvalue weighted by molar-refractivity contribution is -0.144. The van der Waals surface area contributed by atoms with Gasteiger partial charge < -0.3 is 9.47 Å². The summed E-state index contributed by atoms with van der Waals surface area (Å²) in [5, 5.41) is 0.357. The van der Waals surface area contributed by atoms with Crippen molar-refractivity contribution in [3.8, 4) is 0 Å². The van der Waals surface area contributed by atoms with Gasteiger partial charge in [-0.05, 0) is 42.5 Å². The number of carbonyl (C=O) groups is 2. The van der Waals surface area contributed by atoms with Crippen LogP contribution in [0.4, 0.5) is 5.69 Å². The van der Waals surface area contributed by atoms with Crippen molar-refractivity contribution >= 4 is 50.9 Å². The van der Waals surface area contributed by atoms with E-state index in [1.807, 2.05) is 0 Å². The standard InChI is InChI=1S/C19H17Cl2NO6S/c1-3-10-22(15-7-5-14(20)6-8-15)29(25,26)17-11-13(4-9-16(17)21)19(24)28-12-18(23)27-2/h3-9,11H,1,10,12H2,2H3. The number of anilines is 1. The molecule has 0 saturated heterocycles. The highest BCUT2D eigenvalue weighted by atomic mass is 35.5. The van der Waals surface area contributed by atoms with Crippen molar-refractivity contribution in [2.24, 2.45) is 0 Å². The maximum Gasteiger partial charge on any atom is 0.344 e. The average Bonchev–Trinajstić information content (AvgIpc) is 2.70. The third kappa shape index (κ3) is 5.50. The predicted molar refractivity (Wildman–Crippen MR) is 110 cm³/mol. The van der Waals surface area contributed by atoms with Crippen molar-refractivity contribution in [3.63, 3.8) is 0 Å². The molecule has 2 rings (SSSR count). The normalized spacial score (nSPS) is 10.9. The Hall–Kier alpha value is -2.55. The first-order valence-electron chi connectivity index (χ1n) is 8.13. The molecule has 2 aromatic rings. The minimum Gasteiger partial charge on any atom is -0.466 e. The topological polar surface area (TPSA) is 90.0 Å². The Morgan fingerprint density at radius 2 is 1.79 bits per heavy atom. The number of nitrogens with zero attached hydrogens (tertiary/aromatic N) is 1. The summed E-state index contributed by atoms with van der Waals surface area (Å²) in [7, 11) is -3.02. The van der Waals surface area contributed by atoms with Gasteiger partial charge in [-0.15, -0.1) is 6.58 Å². The molecular formula is C19H17Cl2NO6S. The van der Waals surface area contributed by atoms with Gasteiger partial charge in [0.2, 0.25) is 0 Å². The van der Waals surface area contributed by atoms with Crippen LogP contribution in [0, 0.1) is 0 Å². The Morgan fingerprint density at radius 3 is 2.38 bits per heavy atom. The van der Waals surface area contributed by atoms with Crippen LogP contribution in [0.25, 0.3) is 0 Å². The maximum atomic E-state index is 13.3. The molecule has 154 valence electrons. The largest absolute Gasteiger partial charge is 0.466 e. The molecule has 7 nitrogen and oxygen atoms in total. The lowest BCUT2D eigenvalue weighted by Crippen LogP contribution is -2.31. The fourth-order valence-electron chi connectivity index (χ4n) is 2.28. The molecule has 0 aliphatic rings. The van der Waals surface area contributed by atoms with E-state index in [0.717, 1.165) is 17.5 Å². The van der Waals surface area contributed by atoms with E-state index in [2.05, 4.69) is 11.3 Å². The van der Waals surface area contributed by atoms with Crippen LogP contribution < -0.4 is 4.31 Å². The van der Waals surface area contributed by atoms with Crippen LogP contribution in [0.2, 0.25) is 10.0 Å². The molecule has 0 aliphatic carbocycles. The van der Waals surface area contributed by atoms with Gasteiger partial charge in [-0.25, -0.2) is 18.0 Å². The van der Waals surface area contributed by atoms with Crippen molar-refractivity contribution in [1.29, 1.82) is 0 Å². The van der Waals surface area contributed by atoms with E-state index in [1.54, 1.807) is 12.1 Å². The fourth-order valence-corrected chi connectivity index (χ4v) is 4.35. The Balaban J connectivity index is 2.44. The van der Waals surface area contributed by atoms with Crippen LogP contribution in [-0.2, 0) is 24.3 Å². The highest BCUT2D eigenvalue weighted by Gasteiger charge is 2.28. The Bertz CT molecular complexity index is 1020. The highest BCUT2D eigenvalue weighted by Crippen LogP contribution is 2.30. The van der Waals surface area contributed by atoms with E-state index < -0.39 is 28.6 Å². The summed E-state index contributed by atoms with van der Waals surface area (Å²) in [4.78, 5) is 23.0. The number of hydrogen-bond acceptors (Lipinski definition) is 6. The van der Waals surface area contributed by atoms with Gasteiger partial charge >= 0.3 is 11.9 Å². The minimum absolute atomic E-state index is 0.0443. The molecule has 0 radical (unpaired) electrons. The van der Waals surface area contributed by atoms with Crippen LogP contribution in [0.15, 0.2) is 60.0 Å². The Kier molecular flexibility index (Phi) is 7.66. The first-order valence-corrected chi connectivity index (χ1v) is 10.3. The first-order chi connectivity index (χ1) is 13.7. The van der Waals surface area contributed by atoms with E-state index in [9.17, 15) is 18.0 Å². The van der Waals surface area contributed by atoms with Gasteiger partial charge in [-0.2, -0.15) is 0 Å². The number of carbonyl (C=O) groups excluding carboxylic acids is 2. The van der Waals surface area contributed by atoms with Crippen LogP contribution >= 0.6 is 23.2 Å². The third-order valence-corrected chi connectivity index (χ3v) is 6.22. The minimum atomic E-state index is -4.16. The second kappa shape index (κ2) is 9.78. The zero-order valence-corrected chi connectivity index (χ0v) is 17.6. The van der Waals surface area contributed by atoms with Gasteiger partial charge in [-0.1, -0.05) is 29.3 Å². The summed E-state index contributed by atoms with van der Waals surface area (Å²) in [5.74, 6) is -1.65. The van der Waals surface area contributed by atoms with E-state index in [4.69, 9.17) is 27.9 Å². The zero-order chi connectivity index (χ0) is 21.6. The Morgan fingerprint density at radius 1 is 1.14 bits per heavy atom. The van der Waals surface area contributed by atoms with Crippen molar-refractivity contribution in [3.05, 3.63) is 70.7 Å². The molecule has 29 heavy (non-hydrogen) atoms. The molecule has 2 aromatic carbocycles. The van der Waals surface area contributed by atoms with Crippen LogP contribution in [0.1, 0.15) is 10.4 Å². The lowest BCUT2D eigenvalue weighted by atomic mass is 10.2. The Labute approximate surface area is 178 Å². The van der Waals surface area contributed by atoms with Gasteiger partial charge in [0, 0.05) is 5.02 Å². The van der Waals surface area contributed by atoms with E-state index in [1.165, 1.54) is 30.3 Å². The second-order valence-electron chi connectivity index (χ2n) is 5.60. The summed E-state index contributed by atoms with van der Waals surface area (Å²) >= 11 is 12.0. The number of ether oxygens (including phenoxy) is 2. The van der Waals surface area contributed by atoms with E-state index in [-0.39, 0.29) is 22.0 Å². The summed E-state index contributed by atoms with van der Waals surface area (Å²) < 4.78 is 36.8. The maximum absolute atomic E-state index is 13.3. The SMILES string of the molecule is C=CCN(c1ccc(Cl)cc1)S(=O)(=O)c1cc(C(=O)OCC(=O)OC)ccc1Cl. The highest BCUT2D eigenvalue weighted by molar-refractivity contribution is 7.93. The van der Waals surface area contributed by atoms with Crippen LogP contribution in [0.3, 0.4) is 0 Å². The number of hydrogen-bond donors (Lipinski definition) is 0. The number of methoxy groups -OCH3 is 1. The monoisotopic (exact) mass is 457 g/mol. The molecule has 0 N–H and O–H groups in total. The molecule has 0 fully saturated rings. The fraction of sp³-hybridized carbons (Fsp3) is 0.158. The summed E-state index contributed by atoms with van der Waals surface area (Å²) in [6.07, 6.45) is 1.41. The predicted octanol–water partition coefficient (Wildman–Crippen LogP) is 3.70. The van der Waals surface area contributed by atoms with Gasteiger partial charge in [-0.3, -0.25) is 4.31 Å². The molecular weight excluding hydrogens is 441 g/mol. The third-order valence-electron chi connectivity index (χ3n) is 3.69. The summed E-state index contributed by atoms with van der Waals surface area (Å²) in [6.45, 7) is 2.94. The number of rotatable bonds is 8. The molecule has 0 aromatic heterocycles. The molecule has 0 unspecified atom stereocenters. The molecule has 0 heterocycles. The molecule has 10 heteroatoms. The molecule has 0 aliphatic heterocycles. The number of halogens is 2. The number of esters is 2. The van der Waals surface area contributed by atoms with Crippen LogP contribution in [0.5, 0.6) is 0 Å². The lowest BCUT2D eigenvalue weighted by Gasteiger charge is -2.24. The molecule has 0 spiro atoms. The molecule has 0 amide bonds.